The number of H-pyrrole nitrogens is 2. The largest absolute Gasteiger partial charge is 0.354 e. The smallest absolute Gasteiger partial charge is 0.294 e. The molecule has 0 amide bonds. The summed E-state index contributed by atoms with van der Waals surface area (Å²) in [6.45, 7) is 0. The van der Waals surface area contributed by atoms with Crippen LogP contribution in [0.15, 0.2) is 150 Å². The number of halogens is 3. The molecule has 9 rings (SSSR count). The minimum absolute atomic E-state index is 0.226. The van der Waals surface area contributed by atoms with Crippen LogP contribution >= 0.6 is 22.7 Å². The van der Waals surface area contributed by atoms with Gasteiger partial charge in [-0.1, -0.05) is 48.5 Å². The maximum Gasteiger partial charge on any atom is 0.294 e. The van der Waals surface area contributed by atoms with Crippen LogP contribution in [0.3, 0.4) is 0 Å². The molecule has 0 atom stereocenters. The molecule has 8 bridgehead atoms. The minimum atomic E-state index is -4.42. The highest BCUT2D eigenvalue weighted by Gasteiger charge is 2.19. The second-order valence-corrected chi connectivity index (χ2v) is 16.5. The van der Waals surface area contributed by atoms with Crippen LogP contribution in [-0.4, -0.2) is 22.9 Å². The second-order valence-electron chi connectivity index (χ2n) is 12.9. The molecule has 5 nitrogen and oxygen atoms in total. The normalized spacial score (nSPS) is 13.1. The monoisotopic (exact) mass is 784 g/mol. The lowest BCUT2D eigenvalue weighted by molar-refractivity contribution is 0.483. The van der Waals surface area contributed by atoms with Crippen LogP contribution < -0.4 is 18.1 Å². The Morgan fingerprint density at radius 2 is 0.636 bits per heavy atom. The fourth-order valence-electron chi connectivity index (χ4n) is 6.95. The average Bonchev–Trinajstić information content (AvgIpc) is 4.01. The summed E-state index contributed by atoms with van der Waals surface area (Å²) < 4.78 is 79.9. The zero-order chi connectivity index (χ0) is 37.8. The molecule has 0 saturated carbocycles. The third-order valence-corrected chi connectivity index (χ3v) is 12.6. The van der Waals surface area contributed by atoms with E-state index in [1.165, 1.54) is 71.2 Å². The second kappa shape index (κ2) is 13.7. The molecule has 8 aromatic rings. The van der Waals surface area contributed by atoms with Gasteiger partial charge in [0.1, 0.15) is 17.5 Å². The van der Waals surface area contributed by atoms with E-state index in [1.54, 1.807) is 48.5 Å². The lowest BCUT2D eigenvalue weighted by Gasteiger charge is -2.09. The number of nitrogens with one attached hydrogen (secondary N) is 2. The van der Waals surface area contributed by atoms with Crippen molar-refractivity contribution >= 4 is 55.1 Å². The van der Waals surface area contributed by atoms with Gasteiger partial charge in [0, 0.05) is 63.2 Å². The Kier molecular flexibility index (Phi) is 8.66. The van der Waals surface area contributed by atoms with Crippen molar-refractivity contribution in [2.75, 3.05) is 0 Å². The number of hydrogen-bond acceptors (Lipinski definition) is 4. The molecular weight excluding hydrogens is 758 g/mol. The van der Waals surface area contributed by atoms with Crippen molar-refractivity contribution in [1.29, 1.82) is 0 Å². The topological polar surface area (TPSA) is 85.9 Å². The van der Waals surface area contributed by atoms with E-state index in [-0.39, 0.29) is 22.3 Å². The average molecular weight is 785 g/mol. The first-order valence-electron chi connectivity index (χ1n) is 17.0. The van der Waals surface area contributed by atoms with Crippen molar-refractivity contribution in [2.24, 2.45) is 0 Å². The van der Waals surface area contributed by atoms with Crippen molar-refractivity contribution in [3.63, 3.8) is 0 Å². The fourth-order valence-corrected chi connectivity index (χ4v) is 9.77. The lowest BCUT2D eigenvalue weighted by Crippen LogP contribution is -2.09. The molecule has 0 saturated heterocycles. The van der Waals surface area contributed by atoms with Crippen molar-refractivity contribution in [1.82, 2.24) is 9.97 Å². The Hall–Kier alpha value is -5.98. The molecule has 11 heteroatoms. The molecule has 3 N–H and O–H groups in total. The number of thiophene rings is 2. The van der Waals surface area contributed by atoms with E-state index >= 15 is 0 Å². The number of fused-ring (bicyclic) bond motifs is 8. The summed E-state index contributed by atoms with van der Waals surface area (Å²) >= 11 is 3.05. The third kappa shape index (κ3) is 6.61. The van der Waals surface area contributed by atoms with Crippen LogP contribution in [0.5, 0.6) is 0 Å². The number of aromatic nitrogens is 2. The summed E-state index contributed by atoms with van der Waals surface area (Å²) in [5, 5.41) is 0. The van der Waals surface area contributed by atoms with Gasteiger partial charge in [-0.15, -0.1) is 22.7 Å². The Morgan fingerprint density at radius 1 is 0.382 bits per heavy atom. The Labute approximate surface area is 320 Å². The molecule has 0 fully saturated rings. The first-order chi connectivity index (χ1) is 26.6. The molecule has 55 heavy (non-hydrogen) atoms. The van der Waals surface area contributed by atoms with E-state index in [9.17, 15) is 26.1 Å². The summed E-state index contributed by atoms with van der Waals surface area (Å²) in [6.07, 6.45) is 0. The van der Waals surface area contributed by atoms with Crippen LogP contribution in [-0.2, 0) is 10.1 Å². The SMILES string of the molecule is O=S(=O)(O)c1ccc(C2=c3ccc(s3)=C(c3ccc(F)cc3)c3ccc([nH]3)C(c3ccc(F)cc3)=c3ccc(s3)=C(c3ccc(F)cc3)c3ccc2[nH]3)cc1. The van der Waals surface area contributed by atoms with E-state index in [1.807, 2.05) is 48.5 Å². The molecule has 4 aromatic carbocycles. The zero-order valence-corrected chi connectivity index (χ0v) is 30.9. The van der Waals surface area contributed by atoms with Crippen LogP contribution in [0.25, 0.3) is 22.3 Å². The third-order valence-electron chi connectivity index (χ3n) is 9.49. The predicted molar refractivity (Wildman–Crippen MR) is 211 cm³/mol. The van der Waals surface area contributed by atoms with E-state index < -0.39 is 10.1 Å². The highest BCUT2D eigenvalue weighted by molar-refractivity contribution is 7.85. The van der Waals surface area contributed by atoms with E-state index in [2.05, 4.69) is 9.97 Å². The molecular formula is C44H27F3N2O3S3. The van der Waals surface area contributed by atoms with E-state index in [0.29, 0.717) is 5.56 Å². The molecule has 1 aliphatic heterocycles. The van der Waals surface area contributed by atoms with Gasteiger partial charge in [0.2, 0.25) is 0 Å². The number of rotatable bonds is 5. The zero-order valence-electron chi connectivity index (χ0n) is 28.5. The van der Waals surface area contributed by atoms with Crippen molar-refractivity contribution in [2.45, 2.75) is 4.90 Å². The summed E-state index contributed by atoms with van der Waals surface area (Å²) in [5.41, 5.74) is 9.42. The summed E-state index contributed by atoms with van der Waals surface area (Å²) in [6, 6.07) is 41.0. The van der Waals surface area contributed by atoms with E-state index in [4.69, 9.17) is 0 Å². The maximum atomic E-state index is 14.3. The van der Waals surface area contributed by atoms with Gasteiger partial charge in [0.15, 0.2) is 0 Å². The Balaban J connectivity index is 1.41. The molecule has 0 unspecified atom stereocenters. The first-order valence-corrected chi connectivity index (χ1v) is 20.1. The minimum Gasteiger partial charge on any atom is -0.354 e. The molecule has 5 heterocycles. The highest BCUT2D eigenvalue weighted by Crippen LogP contribution is 2.30. The quantitative estimate of drug-likeness (QED) is 0.159. The van der Waals surface area contributed by atoms with Crippen LogP contribution in [0.1, 0.15) is 45.0 Å². The predicted octanol–water partition coefficient (Wildman–Crippen LogP) is 7.43. The molecule has 0 aliphatic carbocycles. The highest BCUT2D eigenvalue weighted by atomic mass is 32.2. The van der Waals surface area contributed by atoms with Crippen LogP contribution in [0, 0.1) is 17.5 Å². The molecule has 0 spiro atoms. The van der Waals surface area contributed by atoms with E-state index in [0.717, 1.165) is 79.9 Å². The molecule has 0 radical (unpaired) electrons. The van der Waals surface area contributed by atoms with Crippen LogP contribution in [0.2, 0.25) is 0 Å². The van der Waals surface area contributed by atoms with Crippen molar-refractivity contribution < 1.29 is 26.1 Å². The summed E-state index contributed by atoms with van der Waals surface area (Å²) in [5.74, 6) is -1.07. The lowest BCUT2D eigenvalue weighted by atomic mass is 10.0. The standard InChI is InChI=1S/C44H27F3N2O3S3/c45-29-9-1-25(2-10-29)41-33-17-18-34(48-33)42(26-3-11-30(46)12-4-26)39-23-24-40(54-39)44(28-7-15-32(16-8-28)55(50,51)52)36-20-19-35(49-36)43(38-22-21-37(41)53-38)27-5-13-31(47)14-6-27/h1-24,48-49H,(H,50,51,52). The summed E-state index contributed by atoms with van der Waals surface area (Å²) in [4.78, 5) is 7.04. The van der Waals surface area contributed by atoms with Gasteiger partial charge < -0.3 is 9.97 Å². The van der Waals surface area contributed by atoms with Gasteiger partial charge in [0.25, 0.3) is 10.1 Å². The molecule has 270 valence electrons. The number of aromatic amines is 2. The van der Waals surface area contributed by atoms with Gasteiger partial charge in [0.05, 0.1) is 4.90 Å². The molecule has 1 aliphatic rings. The van der Waals surface area contributed by atoms with Gasteiger partial charge in [-0.25, -0.2) is 13.2 Å². The first kappa shape index (κ1) is 34.8. The van der Waals surface area contributed by atoms with Gasteiger partial charge in [-0.2, -0.15) is 8.42 Å². The van der Waals surface area contributed by atoms with Gasteiger partial charge in [-0.3, -0.25) is 4.55 Å². The van der Waals surface area contributed by atoms with Crippen molar-refractivity contribution in [3.05, 3.63) is 226 Å². The maximum absolute atomic E-state index is 14.3. The van der Waals surface area contributed by atoms with Crippen LogP contribution in [0.4, 0.5) is 13.2 Å². The summed E-state index contributed by atoms with van der Waals surface area (Å²) in [7, 11) is -4.42. The Bertz CT molecular complexity index is 3120. The van der Waals surface area contributed by atoms with Gasteiger partial charge in [-0.05, 0) is 119 Å². The number of hydrogen-bond donors (Lipinski definition) is 3. The Morgan fingerprint density at radius 3 is 0.891 bits per heavy atom. The molecule has 4 aromatic heterocycles. The number of benzene rings is 4. The fraction of sp³-hybridized carbons (Fsp3) is 0. The van der Waals surface area contributed by atoms with Gasteiger partial charge >= 0.3 is 0 Å². The van der Waals surface area contributed by atoms with Crippen molar-refractivity contribution in [3.8, 4) is 0 Å².